The van der Waals surface area contributed by atoms with Gasteiger partial charge < -0.3 is 19.5 Å². The highest BCUT2D eigenvalue weighted by molar-refractivity contribution is 5.97. The van der Waals surface area contributed by atoms with Gasteiger partial charge in [0.05, 0.1) is 32.4 Å². The van der Waals surface area contributed by atoms with Gasteiger partial charge in [-0.2, -0.15) is 0 Å². The average molecular weight is 370 g/mol. The summed E-state index contributed by atoms with van der Waals surface area (Å²) in [6.45, 7) is 2.83. The highest BCUT2D eigenvalue weighted by atomic mass is 16.6. The Balaban J connectivity index is 1.72. The fraction of sp³-hybridized carbons (Fsp3) is 0.300. The third kappa shape index (κ3) is 3.97. The molecule has 1 unspecified atom stereocenters. The van der Waals surface area contributed by atoms with Crippen molar-refractivity contribution in [2.45, 2.75) is 13.0 Å². The molecule has 1 N–H and O–H groups in total. The molecule has 7 heteroatoms. The minimum Gasteiger partial charge on any atom is -0.497 e. The van der Waals surface area contributed by atoms with Crippen molar-refractivity contribution in [3.05, 3.63) is 53.6 Å². The monoisotopic (exact) mass is 370 g/mol. The van der Waals surface area contributed by atoms with Crippen LogP contribution in [-0.2, 0) is 4.74 Å². The molecule has 0 radical (unpaired) electrons. The molecule has 0 aromatic heterocycles. The van der Waals surface area contributed by atoms with Crippen molar-refractivity contribution in [2.75, 3.05) is 32.3 Å². The van der Waals surface area contributed by atoms with E-state index in [0.29, 0.717) is 30.2 Å². The number of carbonyl (C=O) groups is 2. The lowest BCUT2D eigenvalue weighted by Gasteiger charge is -2.18. The number of hydrogen-bond acceptors (Lipinski definition) is 5. The van der Waals surface area contributed by atoms with E-state index in [2.05, 4.69) is 5.32 Å². The van der Waals surface area contributed by atoms with E-state index in [9.17, 15) is 9.59 Å². The van der Waals surface area contributed by atoms with Crippen LogP contribution in [0.5, 0.6) is 11.5 Å². The topological polar surface area (TPSA) is 77.1 Å². The summed E-state index contributed by atoms with van der Waals surface area (Å²) in [4.78, 5) is 25.9. The highest BCUT2D eigenvalue weighted by Crippen LogP contribution is 2.26. The van der Waals surface area contributed by atoms with Crippen molar-refractivity contribution >= 4 is 17.7 Å². The van der Waals surface area contributed by atoms with Crippen molar-refractivity contribution in [2.24, 2.45) is 0 Å². The van der Waals surface area contributed by atoms with Crippen molar-refractivity contribution in [3.63, 3.8) is 0 Å². The number of ether oxygens (including phenoxy) is 3. The Labute approximate surface area is 157 Å². The predicted octanol–water partition coefficient (Wildman–Crippen LogP) is 3.15. The predicted molar refractivity (Wildman–Crippen MR) is 101 cm³/mol. The minimum absolute atomic E-state index is 0.229. The maximum absolute atomic E-state index is 12.7. The molecule has 7 nitrogen and oxygen atoms in total. The van der Waals surface area contributed by atoms with Gasteiger partial charge >= 0.3 is 6.09 Å². The smallest absolute Gasteiger partial charge is 0.414 e. The van der Waals surface area contributed by atoms with Crippen LogP contribution in [0, 0.1) is 0 Å². The second-order valence-corrected chi connectivity index (χ2v) is 6.12. The summed E-state index contributed by atoms with van der Waals surface area (Å²) < 4.78 is 15.4. The summed E-state index contributed by atoms with van der Waals surface area (Å²) in [6.07, 6.45) is -0.339. The number of nitrogens with zero attached hydrogens (tertiary/aromatic N) is 1. The molecule has 2 amide bonds. The van der Waals surface area contributed by atoms with Gasteiger partial charge in [-0.15, -0.1) is 0 Å². The van der Waals surface area contributed by atoms with E-state index in [1.165, 1.54) is 7.11 Å². The number of methoxy groups -OCH3 is 2. The summed E-state index contributed by atoms with van der Waals surface area (Å²) in [5, 5.41) is 2.96. The molecule has 1 fully saturated rings. The van der Waals surface area contributed by atoms with E-state index in [1.807, 2.05) is 31.2 Å². The van der Waals surface area contributed by atoms with Gasteiger partial charge in [-0.3, -0.25) is 9.69 Å². The van der Waals surface area contributed by atoms with Gasteiger partial charge in [-0.05, 0) is 42.8 Å². The van der Waals surface area contributed by atoms with E-state index in [0.717, 1.165) is 11.3 Å². The Bertz CT molecular complexity index is 835. The number of cyclic esters (lactones) is 1. The summed E-state index contributed by atoms with van der Waals surface area (Å²) in [5.41, 5.74) is 2.09. The molecule has 0 aliphatic carbocycles. The third-order valence-electron chi connectivity index (χ3n) is 4.46. The maximum atomic E-state index is 12.7. The molecule has 0 spiro atoms. The molecule has 1 aliphatic heterocycles. The first-order valence-corrected chi connectivity index (χ1v) is 8.60. The lowest BCUT2D eigenvalue weighted by atomic mass is 10.1. The van der Waals surface area contributed by atoms with Crippen molar-refractivity contribution in [1.82, 2.24) is 5.32 Å². The lowest BCUT2D eigenvalue weighted by molar-refractivity contribution is 0.0936. The first-order chi connectivity index (χ1) is 13.0. The number of anilines is 1. The molecular weight excluding hydrogens is 348 g/mol. The average Bonchev–Trinajstić information content (AvgIpc) is 3.13. The van der Waals surface area contributed by atoms with Crippen molar-refractivity contribution in [1.29, 1.82) is 0 Å². The third-order valence-corrected chi connectivity index (χ3v) is 4.46. The van der Waals surface area contributed by atoms with Crippen LogP contribution in [0.15, 0.2) is 42.5 Å². The fourth-order valence-corrected chi connectivity index (χ4v) is 2.92. The van der Waals surface area contributed by atoms with Crippen LogP contribution >= 0.6 is 0 Å². The van der Waals surface area contributed by atoms with Crippen LogP contribution < -0.4 is 19.7 Å². The Morgan fingerprint density at radius 1 is 1.15 bits per heavy atom. The Kier molecular flexibility index (Phi) is 5.49. The van der Waals surface area contributed by atoms with Crippen LogP contribution in [0.3, 0.4) is 0 Å². The summed E-state index contributed by atoms with van der Waals surface area (Å²) >= 11 is 0. The number of amides is 2. The molecule has 2 aromatic rings. The van der Waals surface area contributed by atoms with Gasteiger partial charge in [0.25, 0.3) is 5.91 Å². The van der Waals surface area contributed by atoms with Crippen LogP contribution in [0.4, 0.5) is 10.5 Å². The number of hydrogen-bond donors (Lipinski definition) is 1. The second kappa shape index (κ2) is 7.99. The summed E-state index contributed by atoms with van der Waals surface area (Å²) in [7, 11) is 3.06. The van der Waals surface area contributed by atoms with Crippen LogP contribution in [0.1, 0.15) is 28.9 Å². The normalized spacial score (nSPS) is 14.5. The standard InChI is InChI=1S/C20H22N2O5/c1-13(14-4-6-15(7-5-14)22-10-11-27-20(22)24)21-19(23)17-12-16(25-2)8-9-18(17)26-3/h4-9,12-13H,10-11H2,1-3H3,(H,21,23). The molecule has 1 aliphatic rings. The van der Waals surface area contributed by atoms with Gasteiger partial charge in [-0.1, -0.05) is 12.1 Å². The quantitative estimate of drug-likeness (QED) is 0.845. The molecule has 1 heterocycles. The Morgan fingerprint density at radius 3 is 2.48 bits per heavy atom. The SMILES string of the molecule is COc1ccc(OC)c(C(=O)NC(C)c2ccc(N3CCOC3=O)cc2)c1. The minimum atomic E-state index is -0.339. The zero-order valence-electron chi connectivity index (χ0n) is 15.5. The molecule has 0 saturated carbocycles. The largest absolute Gasteiger partial charge is 0.497 e. The van der Waals surface area contributed by atoms with Crippen LogP contribution in [0.2, 0.25) is 0 Å². The molecule has 1 atom stereocenters. The molecule has 27 heavy (non-hydrogen) atoms. The molecular formula is C20H22N2O5. The number of carbonyl (C=O) groups excluding carboxylic acids is 2. The van der Waals surface area contributed by atoms with Crippen molar-refractivity contribution in [3.8, 4) is 11.5 Å². The Morgan fingerprint density at radius 2 is 1.89 bits per heavy atom. The maximum Gasteiger partial charge on any atom is 0.414 e. The van der Waals surface area contributed by atoms with E-state index < -0.39 is 0 Å². The molecule has 3 rings (SSSR count). The van der Waals surface area contributed by atoms with Gasteiger partial charge in [0.1, 0.15) is 18.1 Å². The zero-order chi connectivity index (χ0) is 19.4. The van der Waals surface area contributed by atoms with Gasteiger partial charge in [0, 0.05) is 5.69 Å². The lowest BCUT2D eigenvalue weighted by Crippen LogP contribution is -2.27. The highest BCUT2D eigenvalue weighted by Gasteiger charge is 2.23. The Hall–Kier alpha value is -3.22. The van der Waals surface area contributed by atoms with Gasteiger partial charge in [0.2, 0.25) is 0 Å². The summed E-state index contributed by atoms with van der Waals surface area (Å²) in [6, 6.07) is 12.3. The number of nitrogens with one attached hydrogen (secondary N) is 1. The molecule has 2 aromatic carbocycles. The first-order valence-electron chi connectivity index (χ1n) is 8.60. The summed E-state index contributed by atoms with van der Waals surface area (Å²) in [5.74, 6) is 0.796. The van der Waals surface area contributed by atoms with Gasteiger partial charge in [0.15, 0.2) is 0 Å². The fourth-order valence-electron chi connectivity index (χ4n) is 2.92. The molecule has 1 saturated heterocycles. The number of rotatable bonds is 6. The second-order valence-electron chi connectivity index (χ2n) is 6.12. The zero-order valence-corrected chi connectivity index (χ0v) is 15.5. The van der Waals surface area contributed by atoms with Crippen molar-refractivity contribution < 1.29 is 23.8 Å². The van der Waals surface area contributed by atoms with Crippen LogP contribution in [0.25, 0.3) is 0 Å². The van der Waals surface area contributed by atoms with Crippen LogP contribution in [-0.4, -0.2) is 39.4 Å². The van der Waals surface area contributed by atoms with E-state index >= 15 is 0 Å². The molecule has 0 bridgehead atoms. The van der Waals surface area contributed by atoms with Gasteiger partial charge in [-0.25, -0.2) is 4.79 Å². The first kappa shape index (κ1) is 18.6. The van der Waals surface area contributed by atoms with E-state index in [4.69, 9.17) is 14.2 Å². The van der Waals surface area contributed by atoms with E-state index in [-0.39, 0.29) is 18.0 Å². The number of benzene rings is 2. The molecule has 142 valence electrons. The van der Waals surface area contributed by atoms with E-state index in [1.54, 1.807) is 30.2 Å².